The number of aliphatic hydroxyl groups excluding tert-OH is 2. The highest BCUT2D eigenvalue weighted by atomic mass is 16.7. The van der Waals surface area contributed by atoms with Gasteiger partial charge in [-0.05, 0) is 114 Å². The van der Waals surface area contributed by atoms with Gasteiger partial charge in [0.1, 0.15) is 24.0 Å². The van der Waals surface area contributed by atoms with Gasteiger partial charge in [0, 0.05) is 52.0 Å². The molecule has 2 bridgehead atoms. The molecule has 63 heavy (non-hydrogen) atoms. The van der Waals surface area contributed by atoms with Gasteiger partial charge in [-0.2, -0.15) is 0 Å². The number of hydrogen-bond acceptors (Lipinski definition) is 12. The second-order valence-electron chi connectivity index (χ2n) is 19.1. The van der Waals surface area contributed by atoms with Crippen molar-refractivity contribution in [2.75, 3.05) is 27.9 Å². The van der Waals surface area contributed by atoms with Crippen molar-refractivity contribution in [3.8, 4) is 0 Å². The van der Waals surface area contributed by atoms with Crippen LogP contribution in [0.5, 0.6) is 0 Å². The topological polar surface area (TPSA) is 178 Å². The van der Waals surface area contributed by atoms with Crippen LogP contribution in [0, 0.1) is 29.6 Å². The van der Waals surface area contributed by atoms with Crippen molar-refractivity contribution >= 4 is 23.4 Å². The van der Waals surface area contributed by atoms with Crippen LogP contribution in [0.2, 0.25) is 0 Å². The van der Waals surface area contributed by atoms with E-state index in [4.69, 9.17) is 23.7 Å². The quantitative estimate of drug-likeness (QED) is 0.148. The summed E-state index contributed by atoms with van der Waals surface area (Å²) >= 11 is 0. The zero-order valence-corrected chi connectivity index (χ0v) is 38.9. The summed E-state index contributed by atoms with van der Waals surface area (Å²) in [4.78, 5) is 58.7. The molecule has 0 radical (unpaired) electrons. The van der Waals surface area contributed by atoms with Gasteiger partial charge in [-0.1, -0.05) is 68.8 Å². The van der Waals surface area contributed by atoms with E-state index in [1.54, 1.807) is 28.1 Å². The van der Waals surface area contributed by atoms with Crippen LogP contribution in [0.25, 0.3) is 0 Å². The highest BCUT2D eigenvalue weighted by Crippen LogP contribution is 2.39. The smallest absolute Gasteiger partial charge is 0.329 e. The molecule has 1 aliphatic carbocycles. The van der Waals surface area contributed by atoms with Gasteiger partial charge >= 0.3 is 5.97 Å². The SMILES string of the molecule is COC1CC(C=C(C)C2OC(=O)C3CCCCN3C(=O)C(=O)C3(O)OC(C(OC)CC(C)CC(C)=CC(CCCc4ccccc4)C(=O)CC(O)C2C)C(OC)CC3C)CCC1O. The Morgan fingerprint density at radius 1 is 0.873 bits per heavy atom. The van der Waals surface area contributed by atoms with Crippen molar-refractivity contribution in [3.63, 3.8) is 0 Å². The number of carbonyl (C=O) groups excluding carboxylic acids is 4. The molecule has 4 aliphatic rings. The van der Waals surface area contributed by atoms with Crippen LogP contribution in [0.1, 0.15) is 117 Å². The molecule has 2 saturated heterocycles. The fraction of sp³-hybridized carbons (Fsp3) is 0.720. The number of aryl methyl sites for hydroxylation is 1. The first kappa shape index (κ1) is 50.7. The largest absolute Gasteiger partial charge is 0.456 e. The monoisotopic (exact) mass is 882 g/mol. The normalized spacial score (nSPS) is 37.4. The Labute approximate surface area is 374 Å². The molecule has 14 unspecified atom stereocenters. The number of amides is 1. The van der Waals surface area contributed by atoms with Crippen molar-refractivity contribution < 1.29 is 58.2 Å². The maximum absolute atomic E-state index is 14.5. The van der Waals surface area contributed by atoms with Gasteiger partial charge in [0.15, 0.2) is 0 Å². The molecule has 3 fully saturated rings. The molecule has 13 nitrogen and oxygen atoms in total. The summed E-state index contributed by atoms with van der Waals surface area (Å²) in [5.41, 5.74) is 2.84. The van der Waals surface area contributed by atoms with Gasteiger partial charge in [-0.25, -0.2) is 4.79 Å². The lowest BCUT2D eigenvalue weighted by Crippen LogP contribution is -2.64. The summed E-state index contributed by atoms with van der Waals surface area (Å²) in [6, 6.07) is 8.98. The van der Waals surface area contributed by atoms with Crippen LogP contribution in [-0.2, 0) is 49.3 Å². The van der Waals surface area contributed by atoms with E-state index in [1.807, 2.05) is 44.2 Å². The second kappa shape index (κ2) is 23.2. The number of Topliss-reactive ketones (excluding diaryl/α,β-unsaturated/α-hetero) is 2. The molecule has 1 aromatic rings. The third-order valence-electron chi connectivity index (χ3n) is 14.3. The van der Waals surface area contributed by atoms with Crippen LogP contribution in [0.15, 0.2) is 53.6 Å². The van der Waals surface area contributed by atoms with E-state index in [-0.39, 0.29) is 49.5 Å². The van der Waals surface area contributed by atoms with Gasteiger partial charge in [-0.15, -0.1) is 0 Å². The lowest BCUT2D eigenvalue weighted by Gasteiger charge is -2.47. The molecule has 5 rings (SSSR count). The molecule has 13 heteroatoms. The van der Waals surface area contributed by atoms with Crippen LogP contribution in [0.3, 0.4) is 0 Å². The molecular formula is C50H75NO12. The number of cyclic esters (lactones) is 1. The number of allylic oxidation sites excluding steroid dienone is 3. The zero-order valence-electron chi connectivity index (χ0n) is 38.9. The minimum atomic E-state index is -2.52. The summed E-state index contributed by atoms with van der Waals surface area (Å²) < 4.78 is 30.1. The van der Waals surface area contributed by atoms with Crippen molar-refractivity contribution in [2.45, 2.75) is 173 Å². The number of piperidine rings is 1. The minimum Gasteiger partial charge on any atom is -0.456 e. The Hall–Kier alpha value is -3.30. The zero-order chi connectivity index (χ0) is 46.0. The van der Waals surface area contributed by atoms with Gasteiger partial charge in [0.05, 0.1) is 30.5 Å². The third-order valence-corrected chi connectivity index (χ3v) is 14.3. The lowest BCUT2D eigenvalue weighted by atomic mass is 9.81. The highest BCUT2D eigenvalue weighted by Gasteiger charge is 2.56. The van der Waals surface area contributed by atoms with Crippen LogP contribution >= 0.6 is 0 Å². The minimum absolute atomic E-state index is 0.0104. The number of methoxy groups -OCH3 is 3. The van der Waals surface area contributed by atoms with Gasteiger partial charge in [-0.3, -0.25) is 14.4 Å². The van der Waals surface area contributed by atoms with Crippen LogP contribution < -0.4 is 0 Å². The Balaban J connectivity index is 1.54. The number of nitrogens with zero attached hydrogens (tertiary/aromatic N) is 1. The number of ether oxygens (including phenoxy) is 5. The van der Waals surface area contributed by atoms with Crippen LogP contribution in [-0.4, -0.2) is 126 Å². The number of rotatable bonds is 9. The number of fused-ring (bicyclic) bond motifs is 3. The van der Waals surface area contributed by atoms with Crippen molar-refractivity contribution in [1.29, 1.82) is 0 Å². The van der Waals surface area contributed by atoms with E-state index in [1.165, 1.54) is 17.6 Å². The summed E-state index contributed by atoms with van der Waals surface area (Å²) in [7, 11) is 4.65. The Kier molecular flexibility index (Phi) is 18.7. The Bertz CT molecular complexity index is 1750. The van der Waals surface area contributed by atoms with E-state index in [2.05, 4.69) is 19.1 Å². The summed E-state index contributed by atoms with van der Waals surface area (Å²) in [6.45, 7) is 9.39. The molecule has 14 atom stereocenters. The predicted octanol–water partition coefficient (Wildman–Crippen LogP) is 6.09. The van der Waals surface area contributed by atoms with Gasteiger partial charge in [0.25, 0.3) is 11.7 Å². The maximum atomic E-state index is 14.5. The number of hydrogen-bond donors (Lipinski definition) is 3. The van der Waals surface area contributed by atoms with E-state index in [9.17, 15) is 34.5 Å². The van der Waals surface area contributed by atoms with E-state index in [0.717, 1.165) is 18.4 Å². The van der Waals surface area contributed by atoms with E-state index in [0.29, 0.717) is 56.9 Å². The number of ketones is 2. The van der Waals surface area contributed by atoms with Gasteiger partial charge in [0.2, 0.25) is 5.79 Å². The summed E-state index contributed by atoms with van der Waals surface area (Å²) in [6.07, 6.45) is 5.16. The fourth-order valence-electron chi connectivity index (χ4n) is 10.5. The molecule has 1 aromatic carbocycles. The van der Waals surface area contributed by atoms with Gasteiger partial charge < -0.3 is 43.9 Å². The predicted molar refractivity (Wildman–Crippen MR) is 237 cm³/mol. The number of benzene rings is 1. The average molecular weight is 882 g/mol. The molecule has 3 N–H and O–H groups in total. The molecular weight excluding hydrogens is 807 g/mol. The molecule has 1 amide bonds. The first-order valence-corrected chi connectivity index (χ1v) is 23.3. The van der Waals surface area contributed by atoms with Crippen LogP contribution in [0.4, 0.5) is 0 Å². The standard InChI is InChI=1S/C50H75NO12/c1-30-23-31(2)25-43(60-7)46-44(61-8)27-33(4)50(58,63-46)47(55)48(56)51-22-13-12-19-38(51)49(57)62-45(32(3)26-36-20-21-39(52)42(28-36)59-6)34(5)40(53)29-41(54)37(24-30)18-14-17-35-15-10-9-11-16-35/h9-11,15-16,24,26,31,33-34,36-40,42-46,52-53,58H,12-14,17-23,25,27-29H2,1-8H3. The maximum Gasteiger partial charge on any atom is 0.329 e. The number of aliphatic hydroxyl groups is 3. The second-order valence-corrected chi connectivity index (χ2v) is 19.1. The summed E-state index contributed by atoms with van der Waals surface area (Å²) in [5, 5.41) is 34.6. The molecule has 3 aliphatic heterocycles. The molecule has 352 valence electrons. The lowest BCUT2D eigenvalue weighted by molar-refractivity contribution is -0.302. The Morgan fingerprint density at radius 3 is 2.24 bits per heavy atom. The van der Waals surface area contributed by atoms with E-state index < -0.39 is 83.9 Å². The fourth-order valence-corrected chi connectivity index (χ4v) is 10.5. The first-order chi connectivity index (χ1) is 30.0. The van der Waals surface area contributed by atoms with Crippen molar-refractivity contribution in [1.82, 2.24) is 4.90 Å². The Morgan fingerprint density at radius 2 is 1.56 bits per heavy atom. The highest BCUT2D eigenvalue weighted by molar-refractivity contribution is 6.39. The molecule has 3 heterocycles. The molecule has 1 saturated carbocycles. The number of esters is 1. The average Bonchev–Trinajstić information content (AvgIpc) is 3.27. The van der Waals surface area contributed by atoms with Crippen molar-refractivity contribution in [3.05, 3.63) is 59.2 Å². The third kappa shape index (κ3) is 12.7. The summed E-state index contributed by atoms with van der Waals surface area (Å²) in [5.74, 6) is -7.63. The first-order valence-electron chi connectivity index (χ1n) is 23.3. The number of carbonyl (C=O) groups is 4. The molecule has 0 spiro atoms. The van der Waals surface area contributed by atoms with E-state index >= 15 is 0 Å². The van der Waals surface area contributed by atoms with Crippen molar-refractivity contribution in [2.24, 2.45) is 29.6 Å². The molecule has 0 aromatic heterocycles.